The van der Waals surface area contributed by atoms with Gasteiger partial charge in [-0.3, -0.25) is 0 Å². The number of carbonyl (C=O) groups is 1. The summed E-state index contributed by atoms with van der Waals surface area (Å²) < 4.78 is 16.2. The van der Waals surface area contributed by atoms with Crippen LogP contribution < -0.4 is 10.4 Å². The molecular formula is C19H22O5. The summed E-state index contributed by atoms with van der Waals surface area (Å²) in [5.41, 5.74) is 2.91. The number of rotatable bonds is 5. The molecule has 0 spiro atoms. The molecule has 128 valence electrons. The Balaban J connectivity index is 1.83. The fourth-order valence-electron chi connectivity index (χ4n) is 3.06. The summed E-state index contributed by atoms with van der Waals surface area (Å²) in [5.74, 6) is 0.413. The Kier molecular flexibility index (Phi) is 4.60. The van der Waals surface area contributed by atoms with Crippen LogP contribution in [-0.4, -0.2) is 19.2 Å². The number of benzene rings is 1. The van der Waals surface area contributed by atoms with Crippen molar-refractivity contribution >= 4 is 16.9 Å². The summed E-state index contributed by atoms with van der Waals surface area (Å²) >= 11 is 0. The van der Waals surface area contributed by atoms with Crippen LogP contribution in [0.25, 0.3) is 11.0 Å². The topological polar surface area (TPSA) is 65.7 Å². The minimum absolute atomic E-state index is 0.158. The molecule has 0 bridgehead atoms. The van der Waals surface area contributed by atoms with Crippen LogP contribution >= 0.6 is 0 Å². The fourth-order valence-corrected chi connectivity index (χ4v) is 3.06. The molecule has 0 saturated carbocycles. The van der Waals surface area contributed by atoms with Crippen molar-refractivity contribution in [2.75, 3.05) is 13.2 Å². The average molecular weight is 330 g/mol. The normalized spacial score (nSPS) is 13.3. The van der Waals surface area contributed by atoms with Crippen molar-refractivity contribution in [1.82, 2.24) is 0 Å². The van der Waals surface area contributed by atoms with E-state index in [1.165, 1.54) is 0 Å². The van der Waals surface area contributed by atoms with Gasteiger partial charge in [0, 0.05) is 16.5 Å². The first-order chi connectivity index (χ1) is 11.5. The van der Waals surface area contributed by atoms with Crippen molar-refractivity contribution in [1.29, 1.82) is 0 Å². The highest BCUT2D eigenvalue weighted by molar-refractivity contribution is 5.86. The zero-order chi connectivity index (χ0) is 17.3. The van der Waals surface area contributed by atoms with Crippen LogP contribution in [0.3, 0.4) is 0 Å². The van der Waals surface area contributed by atoms with Crippen molar-refractivity contribution in [2.24, 2.45) is 5.92 Å². The second-order valence-corrected chi connectivity index (χ2v) is 6.63. The van der Waals surface area contributed by atoms with Crippen LogP contribution in [0.2, 0.25) is 0 Å². The van der Waals surface area contributed by atoms with Crippen LogP contribution in [0.1, 0.15) is 37.0 Å². The molecule has 0 atom stereocenters. The first-order valence-electron chi connectivity index (χ1n) is 8.34. The highest BCUT2D eigenvalue weighted by Crippen LogP contribution is 2.32. The van der Waals surface area contributed by atoms with Gasteiger partial charge in [0.25, 0.3) is 0 Å². The number of esters is 1. The molecule has 1 aromatic heterocycles. The molecule has 0 unspecified atom stereocenters. The molecule has 1 aromatic carbocycles. The van der Waals surface area contributed by atoms with Gasteiger partial charge in [0.05, 0.1) is 6.61 Å². The fraction of sp³-hybridized carbons (Fsp3) is 0.474. The molecule has 0 aliphatic heterocycles. The predicted molar refractivity (Wildman–Crippen MR) is 90.5 cm³/mol. The van der Waals surface area contributed by atoms with E-state index >= 15 is 0 Å². The van der Waals surface area contributed by atoms with Crippen molar-refractivity contribution in [2.45, 2.75) is 40.0 Å². The smallest absolute Gasteiger partial charge is 0.344 e. The van der Waals surface area contributed by atoms with Gasteiger partial charge in [-0.1, -0.05) is 13.8 Å². The molecule has 0 saturated heterocycles. The summed E-state index contributed by atoms with van der Waals surface area (Å²) in [6.45, 7) is 6.00. The molecule has 5 nitrogen and oxygen atoms in total. The van der Waals surface area contributed by atoms with E-state index in [1.807, 2.05) is 32.9 Å². The summed E-state index contributed by atoms with van der Waals surface area (Å²) in [5, 5.41) is 0.967. The third-order valence-electron chi connectivity index (χ3n) is 4.26. The van der Waals surface area contributed by atoms with Crippen LogP contribution in [-0.2, 0) is 22.4 Å². The van der Waals surface area contributed by atoms with Gasteiger partial charge in [0.1, 0.15) is 11.3 Å². The third kappa shape index (κ3) is 3.16. The van der Waals surface area contributed by atoms with Gasteiger partial charge in [-0.15, -0.1) is 0 Å². The molecule has 3 rings (SSSR count). The standard InChI is InChI=1S/C19H22O5/c1-11(2)9-23-17(20)10-22-16-8-7-14-13-5-4-6-15(13)19(21)24-18(14)12(16)3/h7-8,11H,4-6,9-10H2,1-3H3. The van der Waals surface area contributed by atoms with Crippen molar-refractivity contribution in [3.8, 4) is 5.75 Å². The molecule has 24 heavy (non-hydrogen) atoms. The SMILES string of the molecule is Cc1c(OCC(=O)OCC(C)C)ccc2c3c(c(=O)oc12)CCC3. The second kappa shape index (κ2) is 6.67. The Labute approximate surface area is 140 Å². The number of ether oxygens (including phenoxy) is 2. The van der Waals surface area contributed by atoms with Gasteiger partial charge in [-0.25, -0.2) is 9.59 Å². The van der Waals surface area contributed by atoms with Crippen LogP contribution in [0.15, 0.2) is 21.3 Å². The second-order valence-electron chi connectivity index (χ2n) is 6.63. The molecule has 0 fully saturated rings. The largest absolute Gasteiger partial charge is 0.481 e. The van der Waals surface area contributed by atoms with Gasteiger partial charge in [-0.05, 0) is 49.8 Å². The summed E-state index contributed by atoms with van der Waals surface area (Å²) in [7, 11) is 0. The minimum Gasteiger partial charge on any atom is -0.481 e. The quantitative estimate of drug-likeness (QED) is 0.622. The van der Waals surface area contributed by atoms with Crippen LogP contribution in [0, 0.1) is 12.8 Å². The molecule has 1 aliphatic carbocycles. The van der Waals surface area contributed by atoms with Gasteiger partial charge >= 0.3 is 11.6 Å². The van der Waals surface area contributed by atoms with Crippen molar-refractivity contribution in [3.63, 3.8) is 0 Å². The lowest BCUT2D eigenvalue weighted by Gasteiger charge is -2.12. The Bertz CT molecular complexity index is 832. The Morgan fingerprint density at radius 3 is 2.75 bits per heavy atom. The van der Waals surface area contributed by atoms with Gasteiger partial charge in [0.2, 0.25) is 0 Å². The monoisotopic (exact) mass is 330 g/mol. The van der Waals surface area contributed by atoms with Gasteiger partial charge in [-0.2, -0.15) is 0 Å². The van der Waals surface area contributed by atoms with E-state index in [2.05, 4.69) is 0 Å². The number of hydrogen-bond acceptors (Lipinski definition) is 5. The maximum absolute atomic E-state index is 12.1. The Morgan fingerprint density at radius 2 is 2.00 bits per heavy atom. The highest BCUT2D eigenvalue weighted by Gasteiger charge is 2.21. The van der Waals surface area contributed by atoms with E-state index in [4.69, 9.17) is 13.9 Å². The summed E-state index contributed by atoms with van der Waals surface area (Å²) in [6.07, 6.45) is 2.67. The van der Waals surface area contributed by atoms with E-state index in [-0.39, 0.29) is 18.2 Å². The maximum atomic E-state index is 12.1. The predicted octanol–water partition coefficient (Wildman–Crippen LogP) is 3.17. The average Bonchev–Trinajstić information content (AvgIpc) is 3.03. The summed E-state index contributed by atoms with van der Waals surface area (Å²) in [4.78, 5) is 23.8. The zero-order valence-electron chi connectivity index (χ0n) is 14.3. The molecule has 0 N–H and O–H groups in total. The van der Waals surface area contributed by atoms with E-state index in [0.29, 0.717) is 17.9 Å². The summed E-state index contributed by atoms with van der Waals surface area (Å²) in [6, 6.07) is 3.73. The van der Waals surface area contributed by atoms with Crippen LogP contribution in [0.4, 0.5) is 0 Å². The van der Waals surface area contributed by atoms with E-state index in [1.54, 1.807) is 0 Å². The third-order valence-corrected chi connectivity index (χ3v) is 4.26. The van der Waals surface area contributed by atoms with E-state index in [0.717, 1.165) is 41.3 Å². The lowest BCUT2D eigenvalue weighted by atomic mass is 10.0. The molecular weight excluding hydrogens is 308 g/mol. The van der Waals surface area contributed by atoms with E-state index in [9.17, 15) is 9.59 Å². The Hall–Kier alpha value is -2.30. The number of fused-ring (bicyclic) bond motifs is 3. The number of hydrogen-bond donors (Lipinski definition) is 0. The molecule has 0 radical (unpaired) electrons. The molecule has 5 heteroatoms. The molecule has 0 amide bonds. The number of aryl methyl sites for hydroxylation is 2. The Morgan fingerprint density at radius 1 is 1.25 bits per heavy atom. The minimum atomic E-state index is -0.404. The highest BCUT2D eigenvalue weighted by atomic mass is 16.6. The lowest BCUT2D eigenvalue weighted by Crippen LogP contribution is -2.17. The first-order valence-corrected chi connectivity index (χ1v) is 8.34. The molecule has 1 heterocycles. The number of carbonyl (C=O) groups excluding carboxylic acids is 1. The molecule has 1 aliphatic rings. The zero-order valence-corrected chi connectivity index (χ0v) is 14.3. The molecule has 2 aromatic rings. The van der Waals surface area contributed by atoms with E-state index < -0.39 is 5.97 Å². The van der Waals surface area contributed by atoms with Gasteiger partial charge < -0.3 is 13.9 Å². The van der Waals surface area contributed by atoms with Crippen molar-refractivity contribution in [3.05, 3.63) is 39.2 Å². The van der Waals surface area contributed by atoms with Gasteiger partial charge in [0.15, 0.2) is 6.61 Å². The van der Waals surface area contributed by atoms with Crippen LogP contribution in [0.5, 0.6) is 5.75 Å². The first kappa shape index (κ1) is 16.6. The maximum Gasteiger partial charge on any atom is 0.344 e. The lowest BCUT2D eigenvalue weighted by molar-refractivity contribution is -0.147. The van der Waals surface area contributed by atoms with Crippen molar-refractivity contribution < 1.29 is 18.7 Å².